The molecule has 2 N–H and O–H groups in total. The Morgan fingerprint density at radius 1 is 0.871 bits per heavy atom. The van der Waals surface area contributed by atoms with Crippen LogP contribution in [0.1, 0.15) is 5.56 Å². The minimum atomic E-state index is -0.493. The van der Waals surface area contributed by atoms with Crippen molar-refractivity contribution in [3.05, 3.63) is 101 Å². The first kappa shape index (κ1) is 21.8. The molecule has 0 saturated carbocycles. The van der Waals surface area contributed by atoms with Crippen LogP contribution in [0.25, 0.3) is 6.08 Å². The van der Waals surface area contributed by atoms with Gasteiger partial charge in [-0.1, -0.05) is 30.3 Å². The van der Waals surface area contributed by atoms with E-state index in [4.69, 9.17) is 0 Å². The first-order valence-corrected chi connectivity index (χ1v) is 10.3. The van der Waals surface area contributed by atoms with Crippen molar-refractivity contribution in [3.8, 4) is 0 Å². The quantitative estimate of drug-likeness (QED) is 0.226. The van der Waals surface area contributed by atoms with Gasteiger partial charge in [-0.2, -0.15) is 0 Å². The zero-order chi connectivity index (χ0) is 22.1. The largest absolute Gasteiger partial charge is 0.325 e. The number of nitro groups is 1. The van der Waals surface area contributed by atoms with E-state index in [9.17, 15) is 19.7 Å². The van der Waals surface area contributed by atoms with E-state index < -0.39 is 4.92 Å². The van der Waals surface area contributed by atoms with Gasteiger partial charge in [0, 0.05) is 34.5 Å². The number of amides is 2. The predicted octanol–water partition coefficient (Wildman–Crippen LogP) is 4.98. The average molecular weight is 433 g/mol. The van der Waals surface area contributed by atoms with Crippen LogP contribution in [-0.4, -0.2) is 22.5 Å². The Labute approximate surface area is 183 Å². The number of carbonyl (C=O) groups excluding carboxylic acids is 2. The van der Waals surface area contributed by atoms with Crippen molar-refractivity contribution in [1.82, 2.24) is 0 Å². The molecule has 0 aromatic heterocycles. The third kappa shape index (κ3) is 7.13. The summed E-state index contributed by atoms with van der Waals surface area (Å²) in [4.78, 5) is 35.1. The van der Waals surface area contributed by atoms with E-state index in [2.05, 4.69) is 10.6 Å². The Morgan fingerprint density at radius 3 is 2.13 bits per heavy atom. The number of carbonyl (C=O) groups is 2. The summed E-state index contributed by atoms with van der Waals surface area (Å²) in [5, 5.41) is 16.1. The molecule has 156 valence electrons. The fourth-order valence-electron chi connectivity index (χ4n) is 2.57. The number of non-ortho nitro benzene ring substituents is 1. The van der Waals surface area contributed by atoms with Gasteiger partial charge in [0.15, 0.2) is 0 Å². The lowest BCUT2D eigenvalue weighted by atomic mass is 10.2. The van der Waals surface area contributed by atoms with Gasteiger partial charge in [0.2, 0.25) is 11.8 Å². The molecule has 3 aromatic rings. The van der Waals surface area contributed by atoms with Gasteiger partial charge in [0.05, 0.1) is 10.7 Å². The van der Waals surface area contributed by atoms with Crippen LogP contribution < -0.4 is 10.6 Å². The smallest absolute Gasteiger partial charge is 0.269 e. The lowest BCUT2D eigenvalue weighted by molar-refractivity contribution is -0.384. The van der Waals surface area contributed by atoms with Crippen LogP contribution in [0, 0.1) is 10.1 Å². The molecule has 0 heterocycles. The minimum absolute atomic E-state index is 0.0323. The molecular formula is C23H19N3O4S. The molecule has 0 fully saturated rings. The predicted molar refractivity (Wildman–Crippen MR) is 123 cm³/mol. The average Bonchev–Trinajstić information content (AvgIpc) is 2.78. The molecule has 0 radical (unpaired) electrons. The monoisotopic (exact) mass is 433 g/mol. The molecule has 0 aliphatic rings. The van der Waals surface area contributed by atoms with Gasteiger partial charge in [-0.15, -0.1) is 11.8 Å². The fraction of sp³-hybridized carbons (Fsp3) is 0.0435. The fourth-order valence-corrected chi connectivity index (χ4v) is 3.27. The number of nitrogens with zero attached hydrogens (tertiary/aromatic N) is 1. The Kier molecular flexibility index (Phi) is 7.56. The number of nitro benzene ring substituents is 1. The van der Waals surface area contributed by atoms with E-state index >= 15 is 0 Å². The minimum Gasteiger partial charge on any atom is -0.325 e. The van der Waals surface area contributed by atoms with E-state index in [0.29, 0.717) is 11.4 Å². The third-order valence-corrected chi connectivity index (χ3v) is 5.09. The van der Waals surface area contributed by atoms with Crippen LogP contribution in [0.5, 0.6) is 0 Å². The number of thioether (sulfide) groups is 1. The van der Waals surface area contributed by atoms with Crippen LogP contribution >= 0.6 is 11.8 Å². The van der Waals surface area contributed by atoms with E-state index in [1.54, 1.807) is 18.2 Å². The molecular weight excluding hydrogens is 414 g/mol. The Hall–Kier alpha value is -3.91. The zero-order valence-corrected chi connectivity index (χ0v) is 17.2. The maximum atomic E-state index is 12.1. The molecule has 0 saturated heterocycles. The van der Waals surface area contributed by atoms with Gasteiger partial charge in [-0.25, -0.2) is 0 Å². The summed E-state index contributed by atoms with van der Waals surface area (Å²) in [6.45, 7) is 0. The van der Waals surface area contributed by atoms with Crippen LogP contribution in [0.2, 0.25) is 0 Å². The molecule has 0 bridgehead atoms. The van der Waals surface area contributed by atoms with E-state index in [0.717, 1.165) is 10.5 Å². The van der Waals surface area contributed by atoms with Crippen LogP contribution in [0.3, 0.4) is 0 Å². The number of anilines is 2. The molecule has 0 aliphatic carbocycles. The summed E-state index contributed by atoms with van der Waals surface area (Å²) in [5.41, 5.74) is 2.06. The molecule has 7 nitrogen and oxygen atoms in total. The SMILES string of the molecule is O=C(/C=C/c1ccccc1)Nc1ccc(SCC(=O)Nc2ccc([N+](=O)[O-])cc2)cc1. The molecule has 8 heteroatoms. The third-order valence-electron chi connectivity index (χ3n) is 4.08. The number of benzene rings is 3. The summed E-state index contributed by atoms with van der Waals surface area (Å²) in [5.74, 6) is -0.267. The molecule has 31 heavy (non-hydrogen) atoms. The summed E-state index contributed by atoms with van der Waals surface area (Å²) in [6.07, 6.45) is 3.21. The first-order chi connectivity index (χ1) is 15.0. The van der Waals surface area contributed by atoms with Gasteiger partial charge >= 0.3 is 0 Å². The standard InChI is InChI=1S/C23H19N3O4S/c27-22(15-6-17-4-2-1-3-5-17)24-19-9-13-21(14-10-19)31-16-23(28)25-18-7-11-20(12-8-18)26(29)30/h1-15H,16H2,(H,24,27)(H,25,28)/b15-6+. The van der Waals surface area contributed by atoms with E-state index in [1.807, 2.05) is 42.5 Å². The van der Waals surface area contributed by atoms with Gasteiger partial charge in [-0.05, 0) is 48.0 Å². The van der Waals surface area contributed by atoms with Crippen molar-refractivity contribution < 1.29 is 14.5 Å². The highest BCUT2D eigenvalue weighted by Crippen LogP contribution is 2.21. The molecule has 2 amide bonds. The number of rotatable bonds is 8. The second-order valence-corrected chi connectivity index (χ2v) is 7.45. The molecule has 3 rings (SSSR count). The van der Waals surface area contributed by atoms with Gasteiger partial charge in [-0.3, -0.25) is 19.7 Å². The van der Waals surface area contributed by atoms with Crippen LogP contribution in [0.4, 0.5) is 17.1 Å². The second kappa shape index (κ2) is 10.7. The van der Waals surface area contributed by atoms with Crippen molar-refractivity contribution in [2.24, 2.45) is 0 Å². The molecule has 3 aromatic carbocycles. The summed E-state index contributed by atoms with van der Waals surface area (Å²) < 4.78 is 0. The molecule has 0 unspecified atom stereocenters. The Balaban J connectivity index is 1.45. The van der Waals surface area contributed by atoms with Gasteiger partial charge in [0.1, 0.15) is 0 Å². The normalized spacial score (nSPS) is 10.6. The zero-order valence-electron chi connectivity index (χ0n) is 16.4. The van der Waals surface area contributed by atoms with Crippen molar-refractivity contribution in [1.29, 1.82) is 0 Å². The summed E-state index contributed by atoms with van der Waals surface area (Å²) >= 11 is 1.34. The van der Waals surface area contributed by atoms with Gasteiger partial charge in [0.25, 0.3) is 5.69 Å². The summed E-state index contributed by atoms with van der Waals surface area (Å²) in [6, 6.07) is 22.4. The van der Waals surface area contributed by atoms with Crippen molar-refractivity contribution in [2.45, 2.75) is 4.90 Å². The van der Waals surface area contributed by atoms with Crippen molar-refractivity contribution >= 4 is 46.7 Å². The Bertz CT molecular complexity index is 1080. The second-order valence-electron chi connectivity index (χ2n) is 6.40. The topological polar surface area (TPSA) is 101 Å². The van der Waals surface area contributed by atoms with E-state index in [1.165, 1.54) is 42.1 Å². The summed E-state index contributed by atoms with van der Waals surface area (Å²) in [7, 11) is 0. The van der Waals surface area contributed by atoms with Crippen molar-refractivity contribution in [3.63, 3.8) is 0 Å². The maximum Gasteiger partial charge on any atom is 0.269 e. The number of hydrogen-bond donors (Lipinski definition) is 2. The highest BCUT2D eigenvalue weighted by atomic mass is 32.2. The highest BCUT2D eigenvalue weighted by Gasteiger charge is 2.07. The number of nitrogens with one attached hydrogen (secondary N) is 2. The van der Waals surface area contributed by atoms with Crippen molar-refractivity contribution in [2.75, 3.05) is 16.4 Å². The van der Waals surface area contributed by atoms with Crippen LogP contribution in [0.15, 0.2) is 89.8 Å². The van der Waals surface area contributed by atoms with Gasteiger partial charge < -0.3 is 10.6 Å². The first-order valence-electron chi connectivity index (χ1n) is 9.31. The van der Waals surface area contributed by atoms with Crippen LogP contribution in [-0.2, 0) is 9.59 Å². The molecule has 0 aliphatic heterocycles. The maximum absolute atomic E-state index is 12.1. The molecule has 0 spiro atoms. The number of hydrogen-bond acceptors (Lipinski definition) is 5. The lowest BCUT2D eigenvalue weighted by Gasteiger charge is -2.06. The van der Waals surface area contributed by atoms with E-state index in [-0.39, 0.29) is 23.3 Å². The Morgan fingerprint density at radius 2 is 1.48 bits per heavy atom. The highest BCUT2D eigenvalue weighted by molar-refractivity contribution is 8.00. The lowest BCUT2D eigenvalue weighted by Crippen LogP contribution is -2.13. The molecule has 0 atom stereocenters.